The first-order chi connectivity index (χ1) is 15.4. The van der Waals surface area contributed by atoms with Gasteiger partial charge < -0.3 is 9.47 Å². The molecule has 0 bridgehead atoms. The number of ether oxygens (including phenoxy) is 2. The Balaban J connectivity index is 1.60. The Morgan fingerprint density at radius 3 is 2.58 bits per heavy atom. The van der Waals surface area contributed by atoms with Crippen LogP contribution in [-0.4, -0.2) is 49.7 Å². The molecule has 1 aromatic heterocycles. The van der Waals surface area contributed by atoms with Crippen molar-refractivity contribution in [3.05, 3.63) is 46.9 Å². The van der Waals surface area contributed by atoms with Gasteiger partial charge in [0.15, 0.2) is 23.1 Å². The zero-order chi connectivity index (χ0) is 24.0. The lowest BCUT2D eigenvalue weighted by Gasteiger charge is -2.22. The monoisotopic (exact) mass is 505 g/mol. The number of alkyl halides is 3. The molecule has 0 radical (unpaired) electrons. The van der Waals surface area contributed by atoms with E-state index in [1.165, 1.54) is 28.7 Å². The number of hydrogen-bond donors (Lipinski definition) is 0. The minimum atomic E-state index is -4.67. The fraction of sp³-hybridized carbons (Fsp3) is 0.400. The van der Waals surface area contributed by atoms with Crippen molar-refractivity contribution in [1.82, 2.24) is 9.29 Å². The van der Waals surface area contributed by atoms with Crippen LogP contribution in [0.5, 0.6) is 11.5 Å². The lowest BCUT2D eigenvalue weighted by Crippen LogP contribution is -2.31. The number of sulfonamides is 1. The Morgan fingerprint density at radius 1 is 1.27 bits per heavy atom. The van der Waals surface area contributed by atoms with Crippen LogP contribution in [0.1, 0.15) is 18.4 Å². The summed E-state index contributed by atoms with van der Waals surface area (Å²) in [7, 11) is -3.98. The van der Waals surface area contributed by atoms with Crippen molar-refractivity contribution in [2.45, 2.75) is 30.1 Å². The molecule has 13 heteroatoms. The normalized spacial score (nSPS) is 19.9. The van der Waals surface area contributed by atoms with E-state index < -0.39 is 51.5 Å². The van der Waals surface area contributed by atoms with Gasteiger partial charge in [0.25, 0.3) is 10.0 Å². The Morgan fingerprint density at radius 2 is 2.00 bits per heavy atom. The van der Waals surface area contributed by atoms with Crippen molar-refractivity contribution < 1.29 is 35.5 Å². The smallest absolute Gasteiger partial charge is 0.422 e. The van der Waals surface area contributed by atoms with E-state index >= 15 is 0 Å². The van der Waals surface area contributed by atoms with Crippen LogP contribution in [0.25, 0.3) is 0 Å². The molecule has 2 heterocycles. The SMILES string of the molecule is N#Cc1cc(OCC(F)(F)F)c(O[C@H]2CN(S(=O)(=O)c3ccc(Cl)cn3)CC23CC3)cc1F. The Labute approximate surface area is 191 Å². The average Bonchev–Trinajstić information content (AvgIpc) is 3.42. The molecule has 1 saturated heterocycles. The molecule has 0 N–H and O–H groups in total. The van der Waals surface area contributed by atoms with Gasteiger partial charge in [-0.3, -0.25) is 0 Å². The van der Waals surface area contributed by atoms with Gasteiger partial charge in [-0.25, -0.2) is 17.8 Å². The highest BCUT2D eigenvalue weighted by atomic mass is 35.5. The van der Waals surface area contributed by atoms with E-state index in [0.717, 1.165) is 12.1 Å². The van der Waals surface area contributed by atoms with E-state index in [-0.39, 0.29) is 28.9 Å². The number of hydrogen-bond acceptors (Lipinski definition) is 6. The molecule has 33 heavy (non-hydrogen) atoms. The second-order valence-electron chi connectivity index (χ2n) is 7.88. The molecule has 1 aliphatic carbocycles. The van der Waals surface area contributed by atoms with E-state index in [4.69, 9.17) is 26.3 Å². The molecule has 7 nitrogen and oxygen atoms in total. The van der Waals surface area contributed by atoms with Gasteiger partial charge in [-0.1, -0.05) is 11.6 Å². The van der Waals surface area contributed by atoms with Crippen LogP contribution in [0.2, 0.25) is 5.02 Å². The fourth-order valence-corrected chi connectivity index (χ4v) is 5.23. The van der Waals surface area contributed by atoms with Gasteiger partial charge in [-0.05, 0) is 25.0 Å². The molecule has 2 aliphatic rings. The molecule has 1 atom stereocenters. The van der Waals surface area contributed by atoms with Crippen LogP contribution < -0.4 is 9.47 Å². The summed E-state index contributed by atoms with van der Waals surface area (Å²) in [5, 5.41) is 9.05. The molecule has 0 amide bonds. The minimum absolute atomic E-state index is 0.113. The van der Waals surface area contributed by atoms with Gasteiger partial charge in [0.2, 0.25) is 0 Å². The highest BCUT2D eigenvalue weighted by Crippen LogP contribution is 2.55. The summed E-state index contributed by atoms with van der Waals surface area (Å²) in [5.41, 5.74) is -1.07. The molecule has 2 fully saturated rings. The topological polar surface area (TPSA) is 92.5 Å². The van der Waals surface area contributed by atoms with E-state index in [1.54, 1.807) is 0 Å². The lowest BCUT2D eigenvalue weighted by atomic mass is 10.0. The highest BCUT2D eigenvalue weighted by Gasteiger charge is 2.59. The number of pyridine rings is 1. The number of nitriles is 1. The number of rotatable bonds is 6. The molecule has 1 aromatic carbocycles. The molecular weight excluding hydrogens is 490 g/mol. The van der Waals surface area contributed by atoms with Gasteiger partial charge in [-0.15, -0.1) is 0 Å². The van der Waals surface area contributed by atoms with E-state index in [2.05, 4.69) is 4.98 Å². The Hall–Kier alpha value is -2.62. The van der Waals surface area contributed by atoms with Crippen molar-refractivity contribution in [2.75, 3.05) is 19.7 Å². The second kappa shape index (κ2) is 8.30. The summed E-state index contributed by atoms with van der Waals surface area (Å²) in [6, 6.07) is 5.80. The highest BCUT2D eigenvalue weighted by molar-refractivity contribution is 7.89. The second-order valence-corrected chi connectivity index (χ2v) is 10.2. The van der Waals surface area contributed by atoms with Crippen LogP contribution in [0.3, 0.4) is 0 Å². The van der Waals surface area contributed by atoms with Crippen molar-refractivity contribution in [3.8, 4) is 17.6 Å². The third-order valence-corrected chi connectivity index (χ3v) is 7.51. The van der Waals surface area contributed by atoms with Gasteiger partial charge in [0, 0.05) is 30.3 Å². The molecule has 2 aromatic rings. The maximum atomic E-state index is 14.2. The van der Waals surface area contributed by atoms with Gasteiger partial charge in [-0.2, -0.15) is 22.7 Å². The largest absolute Gasteiger partial charge is 0.484 e. The summed E-state index contributed by atoms with van der Waals surface area (Å²) in [4.78, 5) is 3.85. The molecule has 176 valence electrons. The molecule has 1 saturated carbocycles. The number of benzene rings is 1. The molecular formula is C20H16ClF4N3O4S. The third-order valence-electron chi connectivity index (χ3n) is 5.55. The van der Waals surface area contributed by atoms with Gasteiger partial charge in [0.05, 0.1) is 17.1 Å². The predicted molar refractivity (Wildman–Crippen MR) is 107 cm³/mol. The van der Waals surface area contributed by atoms with E-state index in [0.29, 0.717) is 12.8 Å². The first-order valence-corrected chi connectivity index (χ1v) is 11.5. The Kier molecular flexibility index (Phi) is 5.92. The zero-order valence-corrected chi connectivity index (χ0v) is 18.3. The van der Waals surface area contributed by atoms with Crippen LogP contribution in [0.4, 0.5) is 17.6 Å². The first kappa shape index (κ1) is 23.5. The van der Waals surface area contributed by atoms with Crippen LogP contribution in [0, 0.1) is 22.6 Å². The lowest BCUT2D eigenvalue weighted by molar-refractivity contribution is -0.153. The summed E-state index contributed by atoms with van der Waals surface area (Å²) >= 11 is 5.77. The van der Waals surface area contributed by atoms with Crippen LogP contribution in [-0.2, 0) is 10.0 Å². The van der Waals surface area contributed by atoms with E-state index in [1.807, 2.05) is 0 Å². The van der Waals surface area contributed by atoms with Crippen LogP contribution >= 0.6 is 11.6 Å². The van der Waals surface area contributed by atoms with Gasteiger partial charge in [0.1, 0.15) is 18.0 Å². The summed E-state index contributed by atoms with van der Waals surface area (Å²) in [6.07, 6.45) is -2.99. The fourth-order valence-electron chi connectivity index (χ4n) is 3.67. The standard InChI is InChI=1S/C20H16ClF4N3O4S/c21-13-1-2-18(27-8-13)33(29,30)28-9-17(19(10-28)3-4-19)32-16-6-14(22)12(7-26)5-15(16)31-11-20(23,24)25/h1-2,5-6,8,17H,3-4,9-11H2/t17-/m0/s1. The minimum Gasteiger partial charge on any atom is -0.484 e. The van der Waals surface area contributed by atoms with Crippen molar-refractivity contribution >= 4 is 21.6 Å². The number of aromatic nitrogens is 1. The maximum Gasteiger partial charge on any atom is 0.422 e. The van der Waals surface area contributed by atoms with Crippen molar-refractivity contribution in [1.29, 1.82) is 5.26 Å². The first-order valence-electron chi connectivity index (χ1n) is 9.65. The van der Waals surface area contributed by atoms with Crippen LogP contribution in [0.15, 0.2) is 35.5 Å². The molecule has 1 aliphatic heterocycles. The molecule has 0 unspecified atom stereocenters. The molecule has 1 spiro atoms. The predicted octanol–water partition coefficient (Wildman–Crippen LogP) is 3.92. The maximum absolute atomic E-state index is 14.2. The van der Waals surface area contributed by atoms with Crippen molar-refractivity contribution in [3.63, 3.8) is 0 Å². The average molecular weight is 506 g/mol. The Bertz CT molecular complexity index is 1210. The summed E-state index contributed by atoms with van der Waals surface area (Å²) < 4.78 is 89.9. The number of halogens is 5. The van der Waals surface area contributed by atoms with Crippen molar-refractivity contribution in [2.24, 2.45) is 5.41 Å². The zero-order valence-electron chi connectivity index (χ0n) is 16.8. The molecule has 4 rings (SSSR count). The quantitative estimate of drug-likeness (QED) is 0.553. The van der Waals surface area contributed by atoms with Gasteiger partial charge >= 0.3 is 6.18 Å². The summed E-state index contributed by atoms with van der Waals surface area (Å²) in [5.74, 6) is -1.79. The summed E-state index contributed by atoms with van der Waals surface area (Å²) in [6.45, 7) is -1.67. The number of nitrogens with zero attached hydrogens (tertiary/aromatic N) is 3. The van der Waals surface area contributed by atoms with E-state index in [9.17, 15) is 26.0 Å². The third kappa shape index (κ3) is 4.85.